The van der Waals surface area contributed by atoms with Gasteiger partial charge in [0.2, 0.25) is 0 Å². The zero-order valence-electron chi connectivity index (χ0n) is 8.24. The van der Waals surface area contributed by atoms with E-state index < -0.39 is 0 Å². The van der Waals surface area contributed by atoms with Gasteiger partial charge in [0, 0.05) is 13.6 Å². The third kappa shape index (κ3) is 2.72. The molecule has 0 bridgehead atoms. The molecule has 3 heteroatoms. The van der Waals surface area contributed by atoms with Crippen LogP contribution in [-0.2, 0) is 6.54 Å². The van der Waals surface area contributed by atoms with Gasteiger partial charge in [-0.2, -0.15) is 5.06 Å². The fraction of sp³-hybridized carbons (Fsp3) is 0.400. The maximum atomic E-state index is 9.03. The molecule has 0 aromatic heterocycles. The number of hydrogen-bond donors (Lipinski definition) is 1. The van der Waals surface area contributed by atoms with Crippen molar-refractivity contribution < 1.29 is 9.94 Å². The number of benzene rings is 1. The summed E-state index contributed by atoms with van der Waals surface area (Å²) in [4.78, 5) is 0. The Morgan fingerprint density at radius 1 is 1.46 bits per heavy atom. The fourth-order valence-electron chi connectivity index (χ4n) is 1.23. The van der Waals surface area contributed by atoms with Crippen molar-refractivity contribution in [2.24, 2.45) is 0 Å². The van der Waals surface area contributed by atoms with Crippen LogP contribution < -0.4 is 4.74 Å². The van der Waals surface area contributed by atoms with Crippen molar-refractivity contribution in [3.63, 3.8) is 0 Å². The third-order valence-corrected chi connectivity index (χ3v) is 1.88. The molecule has 1 aromatic rings. The van der Waals surface area contributed by atoms with Crippen molar-refractivity contribution in [3.8, 4) is 5.75 Å². The van der Waals surface area contributed by atoms with E-state index in [9.17, 15) is 0 Å². The monoisotopic (exact) mass is 181 g/mol. The fourth-order valence-corrected chi connectivity index (χ4v) is 1.23. The van der Waals surface area contributed by atoms with Crippen molar-refractivity contribution >= 4 is 0 Å². The van der Waals surface area contributed by atoms with Crippen LogP contribution in [0.1, 0.15) is 11.1 Å². The molecular formula is C10H15NO2. The summed E-state index contributed by atoms with van der Waals surface area (Å²) in [6.45, 7) is 2.50. The largest absolute Gasteiger partial charge is 0.496 e. The molecule has 0 aliphatic carbocycles. The number of aryl methyl sites for hydroxylation is 1. The minimum atomic E-state index is 0.511. The van der Waals surface area contributed by atoms with Gasteiger partial charge in [-0.1, -0.05) is 12.1 Å². The summed E-state index contributed by atoms with van der Waals surface area (Å²) in [5, 5.41) is 10.2. The van der Waals surface area contributed by atoms with Crippen molar-refractivity contribution in [3.05, 3.63) is 29.3 Å². The lowest BCUT2D eigenvalue weighted by Crippen LogP contribution is -2.11. The third-order valence-electron chi connectivity index (χ3n) is 1.88. The van der Waals surface area contributed by atoms with Gasteiger partial charge in [0.25, 0.3) is 0 Å². The van der Waals surface area contributed by atoms with Crippen LogP contribution in [0, 0.1) is 6.92 Å². The van der Waals surface area contributed by atoms with Gasteiger partial charge < -0.3 is 9.94 Å². The summed E-state index contributed by atoms with van der Waals surface area (Å²) >= 11 is 0. The normalized spacial score (nSPS) is 10.5. The van der Waals surface area contributed by atoms with Gasteiger partial charge in [-0.05, 0) is 24.1 Å². The molecule has 13 heavy (non-hydrogen) atoms. The molecule has 1 N–H and O–H groups in total. The summed E-state index contributed by atoms with van der Waals surface area (Å²) in [6, 6.07) is 5.89. The van der Waals surface area contributed by atoms with E-state index in [0.717, 1.165) is 21.9 Å². The molecule has 0 saturated heterocycles. The predicted octanol–water partition coefficient (Wildman–Crippen LogP) is 1.82. The van der Waals surface area contributed by atoms with Crippen molar-refractivity contribution in [2.75, 3.05) is 14.2 Å². The molecule has 0 fully saturated rings. The molecular weight excluding hydrogens is 166 g/mol. The Kier molecular flexibility index (Phi) is 3.28. The Morgan fingerprint density at radius 3 is 2.69 bits per heavy atom. The second-order valence-corrected chi connectivity index (χ2v) is 3.12. The second-order valence-electron chi connectivity index (χ2n) is 3.12. The Bertz CT molecular complexity index is 284. The molecule has 0 radical (unpaired) electrons. The van der Waals surface area contributed by atoms with Gasteiger partial charge in [0.05, 0.1) is 7.11 Å². The predicted molar refractivity (Wildman–Crippen MR) is 51.0 cm³/mol. The average molecular weight is 181 g/mol. The van der Waals surface area contributed by atoms with Gasteiger partial charge in [-0.3, -0.25) is 0 Å². The smallest absolute Gasteiger partial charge is 0.122 e. The summed E-state index contributed by atoms with van der Waals surface area (Å²) in [7, 11) is 3.26. The molecule has 0 heterocycles. The molecule has 0 aliphatic rings. The molecule has 72 valence electrons. The molecule has 3 nitrogen and oxygen atoms in total. The van der Waals surface area contributed by atoms with E-state index in [4.69, 9.17) is 9.94 Å². The molecule has 0 saturated carbocycles. The van der Waals surface area contributed by atoms with E-state index in [1.54, 1.807) is 14.2 Å². The zero-order valence-corrected chi connectivity index (χ0v) is 8.24. The number of ether oxygens (including phenoxy) is 1. The highest BCUT2D eigenvalue weighted by atomic mass is 16.5. The van der Waals surface area contributed by atoms with E-state index in [-0.39, 0.29) is 0 Å². The van der Waals surface area contributed by atoms with Crippen molar-refractivity contribution in [2.45, 2.75) is 13.5 Å². The number of methoxy groups -OCH3 is 1. The number of rotatable bonds is 3. The van der Waals surface area contributed by atoms with E-state index >= 15 is 0 Å². The van der Waals surface area contributed by atoms with Crippen LogP contribution in [-0.4, -0.2) is 24.4 Å². The minimum absolute atomic E-state index is 0.511. The SMILES string of the molecule is COc1cc(CN(C)O)ccc1C. The molecule has 0 spiro atoms. The Hall–Kier alpha value is -1.06. The average Bonchev–Trinajstić information content (AvgIpc) is 2.07. The lowest BCUT2D eigenvalue weighted by Gasteiger charge is -2.10. The Labute approximate surface area is 78.5 Å². The van der Waals surface area contributed by atoms with Gasteiger partial charge >= 0.3 is 0 Å². The van der Waals surface area contributed by atoms with Gasteiger partial charge in [0.15, 0.2) is 0 Å². The van der Waals surface area contributed by atoms with Crippen LogP contribution in [0.25, 0.3) is 0 Å². The lowest BCUT2D eigenvalue weighted by molar-refractivity contribution is -0.0731. The Morgan fingerprint density at radius 2 is 2.15 bits per heavy atom. The van der Waals surface area contributed by atoms with Crippen LogP contribution >= 0.6 is 0 Å². The van der Waals surface area contributed by atoms with Crippen LogP contribution in [0.4, 0.5) is 0 Å². The number of hydroxylamine groups is 2. The summed E-state index contributed by atoms with van der Waals surface area (Å²) < 4.78 is 5.17. The highest BCUT2D eigenvalue weighted by molar-refractivity contribution is 5.36. The van der Waals surface area contributed by atoms with Crippen LogP contribution in [0.5, 0.6) is 5.75 Å². The first-order valence-corrected chi connectivity index (χ1v) is 4.17. The molecule has 1 aromatic carbocycles. The highest BCUT2D eigenvalue weighted by Gasteiger charge is 2.01. The van der Waals surface area contributed by atoms with Gasteiger partial charge in [-0.25, -0.2) is 0 Å². The van der Waals surface area contributed by atoms with E-state index in [0.29, 0.717) is 6.54 Å². The minimum Gasteiger partial charge on any atom is -0.496 e. The standard InChI is InChI=1S/C10H15NO2/c1-8-4-5-9(7-11(2)12)6-10(8)13-3/h4-6,12H,7H2,1-3H3. The van der Waals surface area contributed by atoms with Crippen LogP contribution in [0.2, 0.25) is 0 Å². The maximum absolute atomic E-state index is 9.03. The molecule has 0 amide bonds. The molecule has 0 aliphatic heterocycles. The summed E-state index contributed by atoms with van der Waals surface area (Å²) in [6.07, 6.45) is 0. The zero-order chi connectivity index (χ0) is 9.84. The maximum Gasteiger partial charge on any atom is 0.122 e. The van der Waals surface area contributed by atoms with Crippen molar-refractivity contribution in [1.82, 2.24) is 5.06 Å². The number of hydrogen-bond acceptors (Lipinski definition) is 3. The number of nitrogens with zero attached hydrogens (tertiary/aromatic N) is 1. The van der Waals surface area contributed by atoms with E-state index in [1.165, 1.54) is 0 Å². The van der Waals surface area contributed by atoms with Crippen molar-refractivity contribution in [1.29, 1.82) is 0 Å². The molecule has 0 unspecified atom stereocenters. The first kappa shape index (κ1) is 10.0. The highest BCUT2D eigenvalue weighted by Crippen LogP contribution is 2.19. The van der Waals surface area contributed by atoms with Crippen LogP contribution in [0.3, 0.4) is 0 Å². The first-order chi connectivity index (χ1) is 6.13. The lowest BCUT2D eigenvalue weighted by atomic mass is 10.1. The topological polar surface area (TPSA) is 32.7 Å². The van der Waals surface area contributed by atoms with Gasteiger partial charge in [0.1, 0.15) is 5.75 Å². The van der Waals surface area contributed by atoms with E-state index in [2.05, 4.69) is 0 Å². The van der Waals surface area contributed by atoms with Gasteiger partial charge in [-0.15, -0.1) is 0 Å². The van der Waals surface area contributed by atoms with Crippen LogP contribution in [0.15, 0.2) is 18.2 Å². The molecule has 0 atom stereocenters. The summed E-state index contributed by atoms with van der Waals surface area (Å²) in [5.41, 5.74) is 2.14. The summed E-state index contributed by atoms with van der Waals surface area (Å²) in [5.74, 6) is 0.861. The first-order valence-electron chi connectivity index (χ1n) is 4.17. The second kappa shape index (κ2) is 4.25. The molecule has 1 rings (SSSR count). The Balaban J connectivity index is 2.86. The van der Waals surface area contributed by atoms with E-state index in [1.807, 2.05) is 25.1 Å². The quantitative estimate of drug-likeness (QED) is 0.722.